The van der Waals surface area contributed by atoms with Gasteiger partial charge in [-0.3, -0.25) is 9.88 Å². The van der Waals surface area contributed by atoms with Crippen LogP contribution < -0.4 is 5.32 Å². The highest BCUT2D eigenvalue weighted by Crippen LogP contribution is 2.17. The van der Waals surface area contributed by atoms with Crippen LogP contribution in [0.15, 0.2) is 12.1 Å². The molecule has 0 amide bonds. The summed E-state index contributed by atoms with van der Waals surface area (Å²) >= 11 is 0. The molecule has 0 bridgehead atoms. The highest BCUT2D eigenvalue weighted by atomic mass is 35.5. The second-order valence-corrected chi connectivity index (χ2v) is 4.51. The van der Waals surface area contributed by atoms with Crippen molar-refractivity contribution in [1.82, 2.24) is 15.2 Å². The molecule has 0 aromatic carbocycles. The smallest absolute Gasteiger partial charge is 0.138 e. The molecule has 0 saturated carbocycles. The van der Waals surface area contributed by atoms with Crippen LogP contribution in [0.5, 0.6) is 5.75 Å². The fourth-order valence-electron chi connectivity index (χ4n) is 2.09. The third kappa shape index (κ3) is 3.84. The molecule has 17 heavy (non-hydrogen) atoms. The van der Waals surface area contributed by atoms with Gasteiger partial charge in [-0.25, -0.2) is 0 Å². The van der Waals surface area contributed by atoms with Crippen molar-refractivity contribution in [2.75, 3.05) is 19.6 Å². The van der Waals surface area contributed by atoms with Gasteiger partial charge in [0.25, 0.3) is 0 Å². The Morgan fingerprint density at radius 3 is 3.00 bits per heavy atom. The average Bonchev–Trinajstić information content (AvgIpc) is 2.24. The molecular weight excluding hydrogens is 238 g/mol. The van der Waals surface area contributed by atoms with Crippen LogP contribution >= 0.6 is 12.4 Å². The lowest BCUT2D eigenvalue weighted by atomic mass is 10.2. The summed E-state index contributed by atoms with van der Waals surface area (Å²) in [6.07, 6.45) is 0. The quantitative estimate of drug-likeness (QED) is 0.839. The van der Waals surface area contributed by atoms with Crippen molar-refractivity contribution in [3.8, 4) is 5.75 Å². The monoisotopic (exact) mass is 257 g/mol. The first-order valence-corrected chi connectivity index (χ1v) is 5.76. The van der Waals surface area contributed by atoms with Crippen LogP contribution in [0.4, 0.5) is 0 Å². The van der Waals surface area contributed by atoms with Crippen molar-refractivity contribution in [2.24, 2.45) is 0 Å². The topological polar surface area (TPSA) is 48.4 Å². The second kappa shape index (κ2) is 6.19. The van der Waals surface area contributed by atoms with Crippen molar-refractivity contribution >= 4 is 12.4 Å². The number of hydrogen-bond donors (Lipinski definition) is 2. The van der Waals surface area contributed by atoms with Gasteiger partial charge < -0.3 is 10.4 Å². The molecule has 1 aromatic rings. The third-order valence-corrected chi connectivity index (χ3v) is 2.92. The third-order valence-electron chi connectivity index (χ3n) is 2.92. The minimum absolute atomic E-state index is 0. The summed E-state index contributed by atoms with van der Waals surface area (Å²) < 4.78 is 0. The number of aromatic nitrogens is 1. The minimum atomic E-state index is 0. The average molecular weight is 258 g/mol. The van der Waals surface area contributed by atoms with Gasteiger partial charge in [0.05, 0.1) is 5.69 Å². The van der Waals surface area contributed by atoms with Crippen LogP contribution in [0, 0.1) is 6.92 Å². The zero-order valence-electron chi connectivity index (χ0n) is 10.3. The summed E-state index contributed by atoms with van der Waals surface area (Å²) in [5.41, 5.74) is 1.74. The Balaban J connectivity index is 0.00000144. The van der Waals surface area contributed by atoms with Gasteiger partial charge in [0.1, 0.15) is 5.75 Å². The van der Waals surface area contributed by atoms with E-state index in [2.05, 4.69) is 22.1 Å². The van der Waals surface area contributed by atoms with E-state index in [-0.39, 0.29) is 12.4 Å². The van der Waals surface area contributed by atoms with E-state index in [9.17, 15) is 5.11 Å². The number of piperazine rings is 1. The van der Waals surface area contributed by atoms with Crippen LogP contribution in [0.3, 0.4) is 0 Å². The first-order chi connectivity index (χ1) is 7.65. The standard InChI is InChI=1S/C12H19N3O.ClH/c1-9-3-4-12(16)11(14-9)8-15-6-5-13-10(2)7-15;/h3-4,10,13,16H,5-8H2,1-2H3;1H. The number of nitrogens with one attached hydrogen (secondary N) is 1. The first kappa shape index (κ1) is 14.2. The summed E-state index contributed by atoms with van der Waals surface area (Å²) in [7, 11) is 0. The van der Waals surface area contributed by atoms with E-state index in [1.165, 1.54) is 0 Å². The molecule has 2 rings (SSSR count). The maximum absolute atomic E-state index is 9.73. The Morgan fingerprint density at radius 2 is 2.29 bits per heavy atom. The molecule has 96 valence electrons. The summed E-state index contributed by atoms with van der Waals surface area (Å²) in [4.78, 5) is 6.70. The zero-order chi connectivity index (χ0) is 11.5. The molecule has 1 unspecified atom stereocenters. The van der Waals surface area contributed by atoms with Gasteiger partial charge in [-0.05, 0) is 26.0 Å². The molecule has 0 spiro atoms. The molecule has 1 aliphatic rings. The van der Waals surface area contributed by atoms with Crippen molar-refractivity contribution in [3.63, 3.8) is 0 Å². The van der Waals surface area contributed by atoms with Crippen LogP contribution in [0.2, 0.25) is 0 Å². The normalized spacial score (nSPS) is 20.9. The second-order valence-electron chi connectivity index (χ2n) is 4.51. The van der Waals surface area contributed by atoms with E-state index in [1.54, 1.807) is 6.07 Å². The summed E-state index contributed by atoms with van der Waals surface area (Å²) in [5.74, 6) is 0.303. The molecule has 1 fully saturated rings. The lowest BCUT2D eigenvalue weighted by Gasteiger charge is -2.31. The molecule has 1 atom stereocenters. The Hall–Kier alpha value is -0.840. The molecule has 2 heterocycles. The van der Waals surface area contributed by atoms with E-state index in [4.69, 9.17) is 0 Å². The van der Waals surface area contributed by atoms with E-state index in [1.807, 2.05) is 13.0 Å². The SMILES string of the molecule is Cc1ccc(O)c(CN2CCNC(C)C2)n1.Cl. The van der Waals surface area contributed by atoms with Crippen LogP contribution in [0.1, 0.15) is 18.3 Å². The van der Waals surface area contributed by atoms with E-state index in [0.717, 1.165) is 37.6 Å². The molecule has 1 aromatic heterocycles. The summed E-state index contributed by atoms with van der Waals surface area (Å²) in [5, 5.41) is 13.1. The molecule has 1 aliphatic heterocycles. The molecule has 0 radical (unpaired) electrons. The van der Waals surface area contributed by atoms with Gasteiger partial charge in [0.15, 0.2) is 0 Å². The van der Waals surface area contributed by atoms with Gasteiger partial charge >= 0.3 is 0 Å². The van der Waals surface area contributed by atoms with Gasteiger partial charge in [0, 0.05) is 37.9 Å². The van der Waals surface area contributed by atoms with Gasteiger partial charge in [-0.1, -0.05) is 0 Å². The van der Waals surface area contributed by atoms with Crippen molar-refractivity contribution in [1.29, 1.82) is 0 Å². The molecule has 5 heteroatoms. The molecule has 1 saturated heterocycles. The number of hydrogen-bond acceptors (Lipinski definition) is 4. The number of aromatic hydroxyl groups is 1. The maximum atomic E-state index is 9.73. The lowest BCUT2D eigenvalue weighted by Crippen LogP contribution is -2.48. The Labute approximate surface area is 108 Å². The highest BCUT2D eigenvalue weighted by Gasteiger charge is 2.17. The van der Waals surface area contributed by atoms with Gasteiger partial charge in [-0.15, -0.1) is 12.4 Å². The fraction of sp³-hybridized carbons (Fsp3) is 0.583. The van der Waals surface area contributed by atoms with E-state index >= 15 is 0 Å². The predicted molar refractivity (Wildman–Crippen MR) is 70.6 cm³/mol. The van der Waals surface area contributed by atoms with E-state index in [0.29, 0.717) is 11.8 Å². The minimum Gasteiger partial charge on any atom is -0.506 e. The highest BCUT2D eigenvalue weighted by molar-refractivity contribution is 5.85. The Morgan fingerprint density at radius 1 is 1.53 bits per heavy atom. The van der Waals surface area contributed by atoms with Crippen molar-refractivity contribution in [2.45, 2.75) is 26.4 Å². The number of aryl methyl sites for hydroxylation is 1. The molecule has 2 N–H and O–H groups in total. The number of halogens is 1. The number of nitrogens with zero attached hydrogens (tertiary/aromatic N) is 2. The lowest BCUT2D eigenvalue weighted by molar-refractivity contribution is 0.195. The summed E-state index contributed by atoms with van der Waals surface area (Å²) in [6.45, 7) is 7.89. The van der Waals surface area contributed by atoms with Crippen LogP contribution in [0.25, 0.3) is 0 Å². The zero-order valence-corrected chi connectivity index (χ0v) is 11.1. The summed E-state index contributed by atoms with van der Waals surface area (Å²) in [6, 6.07) is 4.07. The first-order valence-electron chi connectivity index (χ1n) is 5.76. The van der Waals surface area contributed by atoms with Gasteiger partial charge in [0.2, 0.25) is 0 Å². The number of rotatable bonds is 2. The van der Waals surface area contributed by atoms with Crippen LogP contribution in [-0.2, 0) is 6.54 Å². The van der Waals surface area contributed by atoms with Gasteiger partial charge in [-0.2, -0.15) is 0 Å². The molecule has 0 aliphatic carbocycles. The Bertz CT molecular complexity index is 373. The molecular formula is C12H20ClN3O. The number of pyridine rings is 1. The van der Waals surface area contributed by atoms with Crippen molar-refractivity contribution in [3.05, 3.63) is 23.5 Å². The Kier molecular flexibility index (Phi) is 5.18. The van der Waals surface area contributed by atoms with Crippen molar-refractivity contribution < 1.29 is 5.11 Å². The fourth-order valence-corrected chi connectivity index (χ4v) is 2.09. The van der Waals surface area contributed by atoms with Crippen LogP contribution in [-0.4, -0.2) is 40.7 Å². The molecule has 4 nitrogen and oxygen atoms in total. The maximum Gasteiger partial charge on any atom is 0.138 e. The largest absolute Gasteiger partial charge is 0.506 e. The predicted octanol–water partition coefficient (Wildman–Crippen LogP) is 1.31. The van der Waals surface area contributed by atoms with E-state index < -0.39 is 0 Å².